The second-order valence-electron chi connectivity index (χ2n) is 3.99. The van der Waals surface area contributed by atoms with Crippen LogP contribution in [0.3, 0.4) is 0 Å². The number of hydrogen-bond donors (Lipinski definition) is 1. The Morgan fingerprint density at radius 3 is 2.69 bits per heavy atom. The maximum absolute atomic E-state index is 4.47. The molecule has 0 aliphatic heterocycles. The van der Waals surface area contributed by atoms with Gasteiger partial charge in [0.05, 0.1) is 0 Å². The fraction of sp³-hybridized carbons (Fsp3) is 0.636. The fourth-order valence-corrected chi connectivity index (χ4v) is 1.37. The number of nitrogens with zero attached hydrogens (tertiary/aromatic N) is 4. The largest absolute Gasteiger partial charge is 0.359 e. The van der Waals surface area contributed by atoms with Gasteiger partial charge in [-0.15, -0.1) is 0 Å². The molecule has 0 unspecified atom stereocenters. The van der Waals surface area contributed by atoms with E-state index < -0.39 is 0 Å². The fourth-order valence-electron chi connectivity index (χ4n) is 1.37. The topological polar surface area (TPSA) is 44.3 Å². The molecule has 1 aromatic rings. The molecular weight excluding hydrogens is 202 g/mol. The third-order valence-corrected chi connectivity index (χ3v) is 2.34. The van der Waals surface area contributed by atoms with E-state index in [0.717, 1.165) is 31.3 Å². The Labute approximate surface area is 97.5 Å². The summed E-state index contributed by atoms with van der Waals surface area (Å²) < 4.78 is 0. The summed E-state index contributed by atoms with van der Waals surface area (Å²) in [6, 6.07) is 1.94. The van der Waals surface area contributed by atoms with Gasteiger partial charge >= 0.3 is 0 Å². The molecule has 5 heteroatoms. The summed E-state index contributed by atoms with van der Waals surface area (Å²) in [5.41, 5.74) is 0. The SMILES string of the molecule is CNCCCN(C)c1ccnc(N(C)C)n1. The maximum Gasteiger partial charge on any atom is 0.226 e. The van der Waals surface area contributed by atoms with Crippen LogP contribution in [-0.2, 0) is 0 Å². The Morgan fingerprint density at radius 1 is 1.31 bits per heavy atom. The first-order valence-corrected chi connectivity index (χ1v) is 5.51. The highest BCUT2D eigenvalue weighted by Crippen LogP contribution is 2.11. The second-order valence-corrected chi connectivity index (χ2v) is 3.99. The monoisotopic (exact) mass is 223 g/mol. The molecule has 90 valence electrons. The molecule has 1 N–H and O–H groups in total. The van der Waals surface area contributed by atoms with Gasteiger partial charge in [-0.1, -0.05) is 0 Å². The van der Waals surface area contributed by atoms with Gasteiger partial charge in [-0.2, -0.15) is 4.98 Å². The first-order chi connectivity index (χ1) is 7.65. The van der Waals surface area contributed by atoms with E-state index in [4.69, 9.17) is 0 Å². The molecule has 1 aromatic heterocycles. The zero-order valence-corrected chi connectivity index (χ0v) is 10.6. The number of rotatable bonds is 6. The molecule has 16 heavy (non-hydrogen) atoms. The molecule has 0 aliphatic rings. The van der Waals surface area contributed by atoms with Crippen molar-refractivity contribution in [3.05, 3.63) is 12.3 Å². The van der Waals surface area contributed by atoms with E-state index in [-0.39, 0.29) is 0 Å². The number of aromatic nitrogens is 2. The van der Waals surface area contributed by atoms with Gasteiger partial charge in [0.2, 0.25) is 5.95 Å². The van der Waals surface area contributed by atoms with E-state index in [2.05, 4.69) is 27.2 Å². The van der Waals surface area contributed by atoms with Gasteiger partial charge < -0.3 is 15.1 Å². The van der Waals surface area contributed by atoms with Crippen LogP contribution >= 0.6 is 0 Å². The summed E-state index contributed by atoms with van der Waals surface area (Å²) in [5.74, 6) is 1.72. The van der Waals surface area contributed by atoms with E-state index in [9.17, 15) is 0 Å². The first-order valence-electron chi connectivity index (χ1n) is 5.51. The quantitative estimate of drug-likeness (QED) is 0.715. The van der Waals surface area contributed by atoms with E-state index in [1.54, 1.807) is 6.20 Å². The molecular formula is C11H21N5. The lowest BCUT2D eigenvalue weighted by atomic mass is 10.4. The third kappa shape index (κ3) is 3.66. The van der Waals surface area contributed by atoms with Crippen LogP contribution < -0.4 is 15.1 Å². The van der Waals surface area contributed by atoms with Crippen molar-refractivity contribution in [2.45, 2.75) is 6.42 Å². The molecule has 0 saturated heterocycles. The molecule has 0 fully saturated rings. The van der Waals surface area contributed by atoms with Crippen LogP contribution in [0, 0.1) is 0 Å². The summed E-state index contributed by atoms with van der Waals surface area (Å²) in [6.07, 6.45) is 2.90. The van der Waals surface area contributed by atoms with Gasteiger partial charge in [0.1, 0.15) is 5.82 Å². The van der Waals surface area contributed by atoms with Crippen molar-refractivity contribution < 1.29 is 0 Å². The van der Waals surface area contributed by atoms with Gasteiger partial charge in [-0.05, 0) is 26.1 Å². The van der Waals surface area contributed by atoms with Gasteiger partial charge in [-0.3, -0.25) is 0 Å². The highest BCUT2D eigenvalue weighted by atomic mass is 15.3. The van der Waals surface area contributed by atoms with Gasteiger partial charge in [0.25, 0.3) is 0 Å². The Kier molecular flexibility index (Phi) is 4.98. The molecule has 5 nitrogen and oxygen atoms in total. The predicted molar refractivity (Wildman–Crippen MR) is 68.2 cm³/mol. The average molecular weight is 223 g/mol. The Morgan fingerprint density at radius 2 is 2.06 bits per heavy atom. The van der Waals surface area contributed by atoms with Crippen LogP contribution in [0.5, 0.6) is 0 Å². The van der Waals surface area contributed by atoms with E-state index in [0.29, 0.717) is 0 Å². The lowest BCUT2D eigenvalue weighted by Crippen LogP contribution is -2.24. The summed E-state index contributed by atoms with van der Waals surface area (Å²) in [4.78, 5) is 12.7. The van der Waals surface area contributed by atoms with Crippen molar-refractivity contribution in [2.24, 2.45) is 0 Å². The minimum Gasteiger partial charge on any atom is -0.359 e. The van der Waals surface area contributed by atoms with Crippen molar-refractivity contribution >= 4 is 11.8 Å². The summed E-state index contributed by atoms with van der Waals surface area (Å²) in [7, 11) is 7.91. The molecule has 1 heterocycles. The standard InChI is InChI=1S/C11H21N5/c1-12-7-5-9-16(4)10-6-8-13-11(14-10)15(2)3/h6,8,12H,5,7,9H2,1-4H3. The maximum atomic E-state index is 4.47. The Bertz CT molecular complexity index is 313. The van der Waals surface area contributed by atoms with Crippen LogP contribution in [0.15, 0.2) is 12.3 Å². The zero-order chi connectivity index (χ0) is 12.0. The molecule has 0 aliphatic carbocycles. The number of anilines is 2. The number of hydrogen-bond acceptors (Lipinski definition) is 5. The van der Waals surface area contributed by atoms with Crippen molar-refractivity contribution in [3.63, 3.8) is 0 Å². The minimum absolute atomic E-state index is 0.748. The normalized spacial score (nSPS) is 10.2. The van der Waals surface area contributed by atoms with Crippen molar-refractivity contribution in [3.8, 4) is 0 Å². The van der Waals surface area contributed by atoms with E-state index in [1.807, 2.05) is 32.1 Å². The molecule has 0 spiro atoms. The molecule has 0 atom stereocenters. The second kappa shape index (κ2) is 6.27. The molecule has 0 radical (unpaired) electrons. The zero-order valence-electron chi connectivity index (χ0n) is 10.6. The van der Waals surface area contributed by atoms with Crippen LogP contribution in [0.4, 0.5) is 11.8 Å². The highest BCUT2D eigenvalue weighted by molar-refractivity contribution is 5.42. The first kappa shape index (κ1) is 12.7. The summed E-state index contributed by atoms with van der Waals surface area (Å²) >= 11 is 0. The van der Waals surface area contributed by atoms with Crippen LogP contribution in [0.1, 0.15) is 6.42 Å². The molecule has 0 aromatic carbocycles. The molecule has 0 bridgehead atoms. The molecule has 0 saturated carbocycles. The summed E-state index contributed by atoms with van der Waals surface area (Å²) in [5, 5.41) is 3.14. The molecule has 0 amide bonds. The van der Waals surface area contributed by atoms with Gasteiger partial charge in [-0.25, -0.2) is 4.98 Å². The highest BCUT2D eigenvalue weighted by Gasteiger charge is 2.05. The van der Waals surface area contributed by atoms with Crippen molar-refractivity contribution in [2.75, 3.05) is 51.1 Å². The predicted octanol–water partition coefficient (Wildman–Crippen LogP) is 0.588. The Balaban J connectivity index is 2.60. The van der Waals surface area contributed by atoms with Gasteiger partial charge in [0, 0.05) is 33.9 Å². The van der Waals surface area contributed by atoms with Crippen molar-refractivity contribution in [1.29, 1.82) is 0 Å². The van der Waals surface area contributed by atoms with E-state index in [1.165, 1.54) is 0 Å². The van der Waals surface area contributed by atoms with E-state index >= 15 is 0 Å². The van der Waals surface area contributed by atoms with Crippen LogP contribution in [-0.4, -0.2) is 51.2 Å². The average Bonchev–Trinajstić information content (AvgIpc) is 2.29. The third-order valence-electron chi connectivity index (χ3n) is 2.34. The minimum atomic E-state index is 0.748. The molecule has 1 rings (SSSR count). The lowest BCUT2D eigenvalue weighted by molar-refractivity contribution is 0.708. The van der Waals surface area contributed by atoms with Gasteiger partial charge in [0.15, 0.2) is 0 Å². The van der Waals surface area contributed by atoms with Crippen molar-refractivity contribution in [1.82, 2.24) is 15.3 Å². The smallest absolute Gasteiger partial charge is 0.226 e. The lowest BCUT2D eigenvalue weighted by Gasteiger charge is -2.19. The Hall–Kier alpha value is -1.36. The van der Waals surface area contributed by atoms with Crippen LogP contribution in [0.25, 0.3) is 0 Å². The number of nitrogens with one attached hydrogen (secondary N) is 1. The summed E-state index contributed by atoms with van der Waals surface area (Å²) in [6.45, 7) is 2.01. The van der Waals surface area contributed by atoms with Crippen LogP contribution in [0.2, 0.25) is 0 Å².